The van der Waals surface area contributed by atoms with E-state index in [0.717, 1.165) is 29.1 Å². The molecule has 1 aromatic rings. The standard InChI is InChI=1S/C11H19P.C11H18P.2CH3.Fe/c2*1-9(2)12(10(3)4)11-7-5-6-8-11;;;/h5,7-10H,6H2,1-4H3;5-10H,1-4H3;2*1H3;/q;3*-1;. The van der Waals surface area contributed by atoms with Crippen LogP contribution >= 0.6 is 15.8 Å². The summed E-state index contributed by atoms with van der Waals surface area (Å²) < 4.78 is 0. The molecule has 27 heavy (non-hydrogen) atoms. The molecule has 0 fully saturated rings. The molecule has 1 aromatic carbocycles. The Labute approximate surface area is 185 Å². The minimum absolute atomic E-state index is 0. The topological polar surface area (TPSA) is 0 Å². The van der Waals surface area contributed by atoms with E-state index in [1.54, 1.807) is 10.6 Å². The summed E-state index contributed by atoms with van der Waals surface area (Å²) in [7, 11) is 0.158. The molecule has 0 saturated heterocycles. The molecular formula is C24H43FeP2-3. The number of hydrogen-bond acceptors (Lipinski definition) is 0. The van der Waals surface area contributed by atoms with Gasteiger partial charge in [-0.05, 0) is 34.4 Å². The van der Waals surface area contributed by atoms with Crippen molar-refractivity contribution in [3.63, 3.8) is 0 Å². The van der Waals surface area contributed by atoms with Crippen molar-refractivity contribution in [1.82, 2.24) is 0 Å². The molecule has 0 aliphatic heterocycles. The third-order valence-corrected chi connectivity index (χ3v) is 10.5. The second-order valence-electron chi connectivity index (χ2n) is 7.60. The van der Waals surface area contributed by atoms with E-state index in [2.05, 4.69) is 97.9 Å². The molecule has 0 amide bonds. The molecule has 0 saturated carbocycles. The smallest absolute Gasteiger partial charge is 0 e. The normalized spacial score (nSPS) is 12.7. The van der Waals surface area contributed by atoms with E-state index in [1.165, 1.54) is 0 Å². The molecule has 0 N–H and O–H groups in total. The fourth-order valence-corrected chi connectivity index (χ4v) is 9.44. The largest absolute Gasteiger partial charge is 0.358 e. The quantitative estimate of drug-likeness (QED) is 0.233. The fraction of sp³-hybridized carbons (Fsp3) is 0.542. The van der Waals surface area contributed by atoms with Gasteiger partial charge in [0.25, 0.3) is 0 Å². The Morgan fingerprint density at radius 1 is 0.815 bits per heavy atom. The zero-order chi connectivity index (χ0) is 18.3. The van der Waals surface area contributed by atoms with Crippen molar-refractivity contribution in [2.45, 2.75) is 84.4 Å². The van der Waals surface area contributed by atoms with Crippen LogP contribution in [-0.2, 0) is 17.1 Å². The van der Waals surface area contributed by atoms with Crippen LogP contribution in [0.4, 0.5) is 0 Å². The van der Waals surface area contributed by atoms with Crippen molar-refractivity contribution in [3.8, 4) is 0 Å². The van der Waals surface area contributed by atoms with Crippen molar-refractivity contribution in [2.75, 3.05) is 0 Å². The molecule has 2 rings (SSSR count). The van der Waals surface area contributed by atoms with Gasteiger partial charge in [-0.1, -0.05) is 89.5 Å². The average molecular weight is 449 g/mol. The van der Waals surface area contributed by atoms with Gasteiger partial charge in [-0.2, -0.15) is 12.1 Å². The molecule has 0 atom stereocenters. The summed E-state index contributed by atoms with van der Waals surface area (Å²) in [5, 5.41) is 3.19. The van der Waals surface area contributed by atoms with Crippen LogP contribution in [0.15, 0.2) is 47.8 Å². The van der Waals surface area contributed by atoms with Gasteiger partial charge in [-0.3, -0.25) is 0 Å². The van der Waals surface area contributed by atoms with Gasteiger partial charge < -0.3 is 14.9 Å². The van der Waals surface area contributed by atoms with E-state index in [0.29, 0.717) is 0 Å². The SMILES string of the molecule is CC(C)P(C1=CCC=C1)C(C)C.CC(C)P(c1ccc[cH-]1)C(C)C.[CH3-].[CH3-].[Fe]. The summed E-state index contributed by atoms with van der Waals surface area (Å²) in [4.78, 5) is 0. The number of allylic oxidation sites excluding steroid dienone is 4. The number of rotatable bonds is 6. The van der Waals surface area contributed by atoms with Gasteiger partial charge in [0.1, 0.15) is 0 Å². The van der Waals surface area contributed by atoms with E-state index in [9.17, 15) is 0 Å². The molecule has 0 radical (unpaired) electrons. The molecule has 0 nitrogen and oxygen atoms in total. The first-order valence-corrected chi connectivity index (χ1v) is 12.4. The van der Waals surface area contributed by atoms with Crippen molar-refractivity contribution in [1.29, 1.82) is 0 Å². The molecule has 1 aliphatic rings. The Kier molecular flexibility index (Phi) is 19.0. The molecule has 0 bridgehead atoms. The van der Waals surface area contributed by atoms with E-state index >= 15 is 0 Å². The van der Waals surface area contributed by atoms with E-state index in [1.807, 2.05) is 0 Å². The predicted molar refractivity (Wildman–Crippen MR) is 131 cm³/mol. The summed E-state index contributed by atoms with van der Waals surface area (Å²) in [5.41, 5.74) is 3.27. The van der Waals surface area contributed by atoms with Crippen LogP contribution < -0.4 is 5.30 Å². The molecule has 0 heterocycles. The third kappa shape index (κ3) is 10.5. The van der Waals surface area contributed by atoms with Crippen molar-refractivity contribution < 1.29 is 17.1 Å². The Hall–Kier alpha value is 0.209. The molecule has 3 heteroatoms. The van der Waals surface area contributed by atoms with Gasteiger partial charge in [0, 0.05) is 17.1 Å². The monoisotopic (exact) mass is 449 g/mol. The average Bonchev–Trinajstić information content (AvgIpc) is 3.11. The van der Waals surface area contributed by atoms with Gasteiger partial charge >= 0.3 is 0 Å². The van der Waals surface area contributed by atoms with Gasteiger partial charge in [-0.25, -0.2) is 12.1 Å². The maximum atomic E-state index is 2.39. The van der Waals surface area contributed by atoms with Crippen LogP contribution in [0.3, 0.4) is 0 Å². The summed E-state index contributed by atoms with van der Waals surface area (Å²) in [5.74, 6) is 0. The van der Waals surface area contributed by atoms with E-state index in [-0.39, 0.29) is 47.8 Å². The van der Waals surface area contributed by atoms with E-state index in [4.69, 9.17) is 0 Å². The van der Waals surface area contributed by atoms with Crippen LogP contribution in [0.5, 0.6) is 0 Å². The molecule has 0 spiro atoms. The molecule has 0 aromatic heterocycles. The second-order valence-corrected chi connectivity index (χ2v) is 14.4. The van der Waals surface area contributed by atoms with Crippen LogP contribution in [0, 0.1) is 14.9 Å². The predicted octanol–water partition coefficient (Wildman–Crippen LogP) is 8.36. The fourth-order valence-electron chi connectivity index (χ4n) is 3.56. The molecular weight excluding hydrogens is 406 g/mol. The van der Waals surface area contributed by atoms with Crippen LogP contribution in [-0.4, -0.2) is 22.6 Å². The second kappa shape index (κ2) is 16.1. The van der Waals surface area contributed by atoms with Gasteiger partial charge in [-0.15, -0.1) is 5.30 Å². The van der Waals surface area contributed by atoms with Crippen LogP contribution in [0.25, 0.3) is 0 Å². The van der Waals surface area contributed by atoms with Crippen LogP contribution in [0.2, 0.25) is 0 Å². The zero-order valence-electron chi connectivity index (χ0n) is 19.3. The first kappa shape index (κ1) is 31.9. The molecule has 160 valence electrons. The number of hydrogen-bond donors (Lipinski definition) is 0. The first-order valence-electron chi connectivity index (χ1n) is 9.40. The third-order valence-electron chi connectivity index (χ3n) is 4.22. The Balaban J connectivity index is -0.000000384. The van der Waals surface area contributed by atoms with Crippen molar-refractivity contribution in [3.05, 3.63) is 62.7 Å². The van der Waals surface area contributed by atoms with Crippen molar-refractivity contribution >= 4 is 21.1 Å². The minimum Gasteiger partial charge on any atom is -0.358 e. The zero-order valence-corrected chi connectivity index (χ0v) is 22.2. The van der Waals surface area contributed by atoms with Gasteiger partial charge in [0.2, 0.25) is 0 Å². The summed E-state index contributed by atoms with van der Waals surface area (Å²) in [6, 6.07) is 8.84. The maximum absolute atomic E-state index is 2.39. The Morgan fingerprint density at radius 3 is 1.59 bits per heavy atom. The van der Waals surface area contributed by atoms with Crippen molar-refractivity contribution in [2.24, 2.45) is 0 Å². The Morgan fingerprint density at radius 2 is 1.30 bits per heavy atom. The summed E-state index contributed by atoms with van der Waals surface area (Å²) in [6.07, 6.45) is 8.15. The van der Waals surface area contributed by atoms with Gasteiger partial charge in [0.05, 0.1) is 0 Å². The summed E-state index contributed by atoms with van der Waals surface area (Å²) >= 11 is 0. The molecule has 1 aliphatic carbocycles. The minimum atomic E-state index is 0. The maximum Gasteiger partial charge on any atom is 0 e. The van der Waals surface area contributed by atoms with Crippen LogP contribution in [0.1, 0.15) is 61.8 Å². The first-order chi connectivity index (χ1) is 11.3. The van der Waals surface area contributed by atoms with E-state index < -0.39 is 0 Å². The Bertz CT molecular complexity index is 494. The summed E-state index contributed by atoms with van der Waals surface area (Å²) in [6.45, 7) is 18.7. The van der Waals surface area contributed by atoms with Gasteiger partial charge in [0.15, 0.2) is 0 Å². The molecule has 0 unspecified atom stereocenters.